The zero-order valence-electron chi connectivity index (χ0n) is 10.2. The Morgan fingerprint density at radius 2 is 2.00 bits per heavy atom. The van der Waals surface area contributed by atoms with E-state index in [1.807, 2.05) is 0 Å². The molecule has 1 aliphatic heterocycles. The lowest BCUT2D eigenvalue weighted by Gasteiger charge is -2.36. The Morgan fingerprint density at radius 1 is 1.40 bits per heavy atom. The van der Waals surface area contributed by atoms with Gasteiger partial charge in [0.25, 0.3) is 0 Å². The Bertz CT molecular complexity index is 210. The monoisotopic (exact) mass is 212 g/mol. The molecule has 1 saturated heterocycles. The van der Waals surface area contributed by atoms with Crippen LogP contribution in [0.5, 0.6) is 0 Å². The van der Waals surface area contributed by atoms with Crippen molar-refractivity contribution in [1.29, 1.82) is 0 Å². The fourth-order valence-electron chi connectivity index (χ4n) is 2.13. The lowest BCUT2D eigenvalue weighted by atomic mass is 9.75. The van der Waals surface area contributed by atoms with Crippen molar-refractivity contribution in [3.05, 3.63) is 0 Å². The standard InChI is InChI=1S/C12H24N2O/c1-4-10(3)14-11(15)12(5-2)6-8-13-9-7-12/h10,13H,4-9H2,1-3H3,(H,14,15). The summed E-state index contributed by atoms with van der Waals surface area (Å²) in [5.74, 6) is 0.265. The number of hydrogen-bond acceptors (Lipinski definition) is 2. The van der Waals surface area contributed by atoms with E-state index < -0.39 is 0 Å². The van der Waals surface area contributed by atoms with Gasteiger partial charge in [0.05, 0.1) is 5.41 Å². The molecule has 0 aromatic rings. The number of amides is 1. The Balaban J connectivity index is 2.59. The molecule has 1 unspecified atom stereocenters. The molecule has 0 bridgehead atoms. The summed E-state index contributed by atoms with van der Waals surface area (Å²) >= 11 is 0. The number of nitrogens with one attached hydrogen (secondary N) is 2. The van der Waals surface area contributed by atoms with Crippen LogP contribution in [-0.4, -0.2) is 25.0 Å². The minimum absolute atomic E-state index is 0.102. The molecule has 1 atom stereocenters. The summed E-state index contributed by atoms with van der Waals surface area (Å²) in [6, 6.07) is 0.302. The third-order valence-corrected chi connectivity index (χ3v) is 3.71. The Labute approximate surface area is 93.0 Å². The van der Waals surface area contributed by atoms with Gasteiger partial charge < -0.3 is 10.6 Å². The molecular weight excluding hydrogens is 188 g/mol. The molecule has 0 aliphatic carbocycles. The molecule has 1 amide bonds. The lowest BCUT2D eigenvalue weighted by molar-refractivity contribution is -0.133. The van der Waals surface area contributed by atoms with E-state index in [1.165, 1.54) is 0 Å². The van der Waals surface area contributed by atoms with E-state index in [0.717, 1.165) is 38.8 Å². The highest BCUT2D eigenvalue weighted by Crippen LogP contribution is 2.32. The minimum atomic E-state index is -0.102. The van der Waals surface area contributed by atoms with Gasteiger partial charge in [-0.25, -0.2) is 0 Å². The highest BCUT2D eigenvalue weighted by molar-refractivity contribution is 5.83. The SMILES string of the molecule is CCC(C)NC(=O)C1(CC)CCNCC1. The summed E-state index contributed by atoms with van der Waals surface area (Å²) in [7, 11) is 0. The van der Waals surface area contributed by atoms with Crippen molar-refractivity contribution in [1.82, 2.24) is 10.6 Å². The second-order valence-corrected chi connectivity index (χ2v) is 4.67. The largest absolute Gasteiger partial charge is 0.353 e. The molecule has 88 valence electrons. The maximum absolute atomic E-state index is 12.2. The summed E-state index contributed by atoms with van der Waals surface area (Å²) in [6.07, 6.45) is 3.91. The fourth-order valence-corrected chi connectivity index (χ4v) is 2.13. The van der Waals surface area contributed by atoms with E-state index in [1.54, 1.807) is 0 Å². The molecule has 3 heteroatoms. The van der Waals surface area contributed by atoms with Gasteiger partial charge in [-0.3, -0.25) is 4.79 Å². The molecule has 0 aromatic heterocycles. The van der Waals surface area contributed by atoms with Gasteiger partial charge in [0, 0.05) is 6.04 Å². The fraction of sp³-hybridized carbons (Fsp3) is 0.917. The van der Waals surface area contributed by atoms with Gasteiger partial charge >= 0.3 is 0 Å². The van der Waals surface area contributed by atoms with Crippen LogP contribution in [0, 0.1) is 5.41 Å². The highest BCUT2D eigenvalue weighted by atomic mass is 16.2. The third-order valence-electron chi connectivity index (χ3n) is 3.71. The van der Waals surface area contributed by atoms with Crippen molar-refractivity contribution >= 4 is 5.91 Å². The minimum Gasteiger partial charge on any atom is -0.353 e. The van der Waals surface area contributed by atoms with Gasteiger partial charge in [-0.15, -0.1) is 0 Å². The number of hydrogen-bond donors (Lipinski definition) is 2. The first-order chi connectivity index (χ1) is 7.14. The van der Waals surface area contributed by atoms with Crippen LogP contribution in [0.15, 0.2) is 0 Å². The van der Waals surface area contributed by atoms with E-state index in [0.29, 0.717) is 6.04 Å². The number of carbonyl (C=O) groups is 1. The molecule has 2 N–H and O–H groups in total. The van der Waals surface area contributed by atoms with E-state index in [4.69, 9.17) is 0 Å². The van der Waals surface area contributed by atoms with Gasteiger partial charge in [-0.2, -0.15) is 0 Å². The van der Waals surface area contributed by atoms with Crippen molar-refractivity contribution in [2.45, 2.75) is 52.5 Å². The van der Waals surface area contributed by atoms with Crippen LogP contribution in [0.2, 0.25) is 0 Å². The van der Waals surface area contributed by atoms with Gasteiger partial charge in [-0.1, -0.05) is 13.8 Å². The summed E-state index contributed by atoms with van der Waals surface area (Å²) in [4.78, 5) is 12.2. The predicted molar refractivity (Wildman–Crippen MR) is 62.7 cm³/mol. The molecule has 0 radical (unpaired) electrons. The predicted octanol–water partition coefficient (Wildman–Crippen LogP) is 1.68. The Hall–Kier alpha value is -0.570. The summed E-state index contributed by atoms with van der Waals surface area (Å²) < 4.78 is 0. The molecule has 3 nitrogen and oxygen atoms in total. The maximum Gasteiger partial charge on any atom is 0.226 e. The summed E-state index contributed by atoms with van der Waals surface area (Å²) in [5, 5.41) is 6.44. The van der Waals surface area contributed by atoms with Gasteiger partial charge in [0.15, 0.2) is 0 Å². The average molecular weight is 212 g/mol. The molecule has 1 aliphatic rings. The third kappa shape index (κ3) is 2.94. The smallest absolute Gasteiger partial charge is 0.226 e. The van der Waals surface area contributed by atoms with Crippen molar-refractivity contribution in [2.75, 3.05) is 13.1 Å². The topological polar surface area (TPSA) is 41.1 Å². The number of carbonyl (C=O) groups excluding carboxylic acids is 1. The molecule has 1 heterocycles. The number of piperidine rings is 1. The quantitative estimate of drug-likeness (QED) is 0.744. The second-order valence-electron chi connectivity index (χ2n) is 4.67. The van der Waals surface area contributed by atoms with E-state index in [2.05, 4.69) is 31.4 Å². The van der Waals surface area contributed by atoms with Gasteiger partial charge in [0.2, 0.25) is 5.91 Å². The number of rotatable bonds is 4. The molecular formula is C12H24N2O. The van der Waals surface area contributed by atoms with Gasteiger partial charge in [-0.05, 0) is 45.7 Å². The molecule has 1 fully saturated rings. The van der Waals surface area contributed by atoms with Crippen molar-refractivity contribution in [3.63, 3.8) is 0 Å². The van der Waals surface area contributed by atoms with Crippen LogP contribution in [-0.2, 0) is 4.79 Å². The molecule has 0 aromatic carbocycles. The Morgan fingerprint density at radius 3 is 2.47 bits per heavy atom. The van der Waals surface area contributed by atoms with E-state index in [-0.39, 0.29) is 11.3 Å². The van der Waals surface area contributed by atoms with Crippen LogP contribution >= 0.6 is 0 Å². The van der Waals surface area contributed by atoms with Crippen molar-refractivity contribution in [3.8, 4) is 0 Å². The molecule has 15 heavy (non-hydrogen) atoms. The first-order valence-electron chi connectivity index (χ1n) is 6.16. The van der Waals surface area contributed by atoms with Crippen molar-refractivity contribution in [2.24, 2.45) is 5.41 Å². The van der Waals surface area contributed by atoms with Crippen LogP contribution in [0.3, 0.4) is 0 Å². The Kier molecular flexibility index (Phi) is 4.58. The molecule has 0 saturated carbocycles. The van der Waals surface area contributed by atoms with Crippen LogP contribution in [0.4, 0.5) is 0 Å². The highest BCUT2D eigenvalue weighted by Gasteiger charge is 2.37. The normalized spacial score (nSPS) is 22.1. The van der Waals surface area contributed by atoms with E-state index in [9.17, 15) is 4.79 Å². The summed E-state index contributed by atoms with van der Waals surface area (Å²) in [6.45, 7) is 8.25. The molecule has 1 rings (SSSR count). The second kappa shape index (κ2) is 5.50. The van der Waals surface area contributed by atoms with Crippen LogP contribution in [0.25, 0.3) is 0 Å². The first-order valence-corrected chi connectivity index (χ1v) is 6.16. The summed E-state index contributed by atoms with van der Waals surface area (Å²) in [5.41, 5.74) is -0.102. The average Bonchev–Trinajstić information content (AvgIpc) is 2.29. The lowest BCUT2D eigenvalue weighted by Crippen LogP contribution is -2.49. The zero-order chi connectivity index (χ0) is 11.3. The van der Waals surface area contributed by atoms with Crippen LogP contribution in [0.1, 0.15) is 46.5 Å². The van der Waals surface area contributed by atoms with Gasteiger partial charge in [0.1, 0.15) is 0 Å². The maximum atomic E-state index is 12.2. The first kappa shape index (κ1) is 12.5. The van der Waals surface area contributed by atoms with E-state index >= 15 is 0 Å². The van der Waals surface area contributed by atoms with Crippen LogP contribution < -0.4 is 10.6 Å². The van der Waals surface area contributed by atoms with Crippen molar-refractivity contribution < 1.29 is 4.79 Å². The molecule has 0 spiro atoms. The zero-order valence-corrected chi connectivity index (χ0v) is 10.2.